The van der Waals surface area contributed by atoms with E-state index in [0.717, 1.165) is 11.1 Å². The highest BCUT2D eigenvalue weighted by molar-refractivity contribution is 7.19. The molecule has 0 radical (unpaired) electrons. The minimum absolute atomic E-state index is 0.281. The molecule has 0 atom stereocenters. The topological polar surface area (TPSA) is 147 Å². The number of alkyl carbamates (subject to hydrolysis) is 1. The molecule has 2 N–H and O–H groups in total. The van der Waals surface area contributed by atoms with Crippen LogP contribution in [-0.2, 0) is 14.3 Å². The quantitative estimate of drug-likeness (QED) is 0.407. The third-order valence-corrected chi connectivity index (χ3v) is 7.19. The van der Waals surface area contributed by atoms with Gasteiger partial charge in [0.15, 0.2) is 0 Å². The SMILES string of the molecule is C=C(C)c1cc(NC(=O)CNC(=O)OC(C)(C)C)cc(-c2nn3c(=O)cc(N4CCN(C(=O)OC(C)(C)C)CC4)nc3s2)c1. The predicted molar refractivity (Wildman–Crippen MR) is 170 cm³/mol. The van der Waals surface area contributed by atoms with Crippen LogP contribution < -0.4 is 21.1 Å². The molecule has 236 valence electrons. The van der Waals surface area contributed by atoms with Crippen LogP contribution >= 0.6 is 11.3 Å². The smallest absolute Gasteiger partial charge is 0.410 e. The number of carbonyl (C=O) groups excluding carboxylic acids is 3. The highest BCUT2D eigenvalue weighted by atomic mass is 32.1. The van der Waals surface area contributed by atoms with E-state index >= 15 is 0 Å². The second-order valence-electron chi connectivity index (χ2n) is 12.5. The fourth-order valence-electron chi connectivity index (χ4n) is 4.26. The number of fused-ring (bicyclic) bond motifs is 1. The third-order valence-electron chi connectivity index (χ3n) is 6.24. The van der Waals surface area contributed by atoms with Gasteiger partial charge in [-0.15, -0.1) is 0 Å². The van der Waals surface area contributed by atoms with Gasteiger partial charge in [0.1, 0.15) is 28.6 Å². The highest BCUT2D eigenvalue weighted by Crippen LogP contribution is 2.31. The van der Waals surface area contributed by atoms with Crippen molar-refractivity contribution >= 4 is 51.5 Å². The van der Waals surface area contributed by atoms with Gasteiger partial charge in [-0.25, -0.2) is 14.6 Å². The van der Waals surface area contributed by atoms with E-state index in [-0.39, 0.29) is 18.2 Å². The minimum Gasteiger partial charge on any atom is -0.444 e. The molecular formula is C30H39N7O6S. The molecule has 1 fully saturated rings. The molecule has 1 aliphatic heterocycles. The summed E-state index contributed by atoms with van der Waals surface area (Å²) in [4.78, 5) is 58.7. The zero-order valence-electron chi connectivity index (χ0n) is 26.1. The Balaban J connectivity index is 1.51. The van der Waals surface area contributed by atoms with Crippen molar-refractivity contribution in [3.05, 3.63) is 46.8 Å². The van der Waals surface area contributed by atoms with E-state index in [0.29, 0.717) is 53.2 Å². The second-order valence-corrected chi connectivity index (χ2v) is 13.4. The molecule has 3 aromatic rings. The van der Waals surface area contributed by atoms with Gasteiger partial charge < -0.3 is 29.9 Å². The van der Waals surface area contributed by atoms with Crippen LogP contribution in [0.5, 0.6) is 0 Å². The number of hydrogen-bond donors (Lipinski definition) is 2. The summed E-state index contributed by atoms with van der Waals surface area (Å²) in [6, 6.07) is 6.81. The van der Waals surface area contributed by atoms with Gasteiger partial charge in [0.05, 0.1) is 0 Å². The standard InChI is InChI=1S/C30H39N7O6S/c1-18(2)19-13-20(15-21(14-19)32-23(38)17-31-27(40)42-29(3,4)5)25-34-37-24(39)16-22(33-26(37)44-25)35-9-11-36(12-10-35)28(41)43-30(6,7)8/h13-16H,1,9-12,17H2,2-8H3,(H,31,40)(H,32,38). The number of piperazine rings is 1. The van der Waals surface area contributed by atoms with Gasteiger partial charge >= 0.3 is 12.2 Å². The summed E-state index contributed by atoms with van der Waals surface area (Å²) in [7, 11) is 0. The van der Waals surface area contributed by atoms with Crippen molar-refractivity contribution in [1.82, 2.24) is 24.8 Å². The second kappa shape index (κ2) is 12.6. The van der Waals surface area contributed by atoms with E-state index in [2.05, 4.69) is 22.3 Å². The minimum atomic E-state index is -0.694. The Hall–Kier alpha value is -4.46. The van der Waals surface area contributed by atoms with E-state index in [9.17, 15) is 19.2 Å². The number of carbonyl (C=O) groups is 3. The van der Waals surface area contributed by atoms with Crippen LogP contribution in [0.15, 0.2) is 35.6 Å². The maximum absolute atomic E-state index is 13.1. The summed E-state index contributed by atoms with van der Waals surface area (Å²) >= 11 is 1.24. The van der Waals surface area contributed by atoms with Crippen molar-refractivity contribution in [3.63, 3.8) is 0 Å². The van der Waals surface area contributed by atoms with Gasteiger partial charge in [-0.2, -0.15) is 9.61 Å². The van der Waals surface area contributed by atoms with E-state index in [1.54, 1.807) is 37.8 Å². The number of allylic oxidation sites excluding steroid dienone is 1. The van der Waals surface area contributed by atoms with Crippen LogP contribution in [-0.4, -0.2) is 81.5 Å². The van der Waals surface area contributed by atoms with Crippen LogP contribution in [0.2, 0.25) is 0 Å². The number of anilines is 2. The van der Waals surface area contributed by atoms with Crippen molar-refractivity contribution in [1.29, 1.82) is 0 Å². The van der Waals surface area contributed by atoms with E-state index in [1.165, 1.54) is 21.9 Å². The molecular weight excluding hydrogens is 586 g/mol. The molecule has 1 aromatic carbocycles. The summed E-state index contributed by atoms with van der Waals surface area (Å²) in [5.41, 5.74) is 1.06. The lowest BCUT2D eigenvalue weighted by molar-refractivity contribution is -0.115. The van der Waals surface area contributed by atoms with Gasteiger partial charge in [0.2, 0.25) is 10.9 Å². The number of nitrogens with one attached hydrogen (secondary N) is 2. The Kier molecular flexibility index (Phi) is 9.33. The van der Waals surface area contributed by atoms with Crippen LogP contribution in [0, 0.1) is 0 Å². The molecule has 0 unspecified atom stereocenters. The summed E-state index contributed by atoms with van der Waals surface area (Å²) in [6.45, 7) is 18.2. The Morgan fingerprint density at radius 1 is 0.977 bits per heavy atom. The maximum Gasteiger partial charge on any atom is 0.410 e. The Morgan fingerprint density at radius 2 is 1.64 bits per heavy atom. The number of benzene rings is 1. The van der Waals surface area contributed by atoms with Crippen molar-refractivity contribution in [3.8, 4) is 10.6 Å². The van der Waals surface area contributed by atoms with E-state index in [4.69, 9.17) is 14.5 Å². The largest absolute Gasteiger partial charge is 0.444 e. The molecule has 1 aliphatic rings. The van der Waals surface area contributed by atoms with E-state index < -0.39 is 23.2 Å². The number of hydrogen-bond acceptors (Lipinski definition) is 10. The maximum atomic E-state index is 13.1. The number of ether oxygens (including phenoxy) is 2. The average molecular weight is 626 g/mol. The van der Waals surface area contributed by atoms with Gasteiger partial charge in [-0.1, -0.05) is 23.5 Å². The average Bonchev–Trinajstić information content (AvgIpc) is 3.35. The van der Waals surface area contributed by atoms with E-state index in [1.807, 2.05) is 38.7 Å². The number of amides is 3. The molecule has 0 saturated carbocycles. The Labute approximate surface area is 259 Å². The lowest BCUT2D eigenvalue weighted by Gasteiger charge is -2.36. The molecule has 3 heterocycles. The first-order valence-electron chi connectivity index (χ1n) is 14.2. The van der Waals surface area contributed by atoms with Crippen LogP contribution in [0.4, 0.5) is 21.1 Å². The summed E-state index contributed by atoms with van der Waals surface area (Å²) in [6.07, 6.45) is -1.06. The third kappa shape index (κ3) is 8.56. The van der Waals surface area contributed by atoms with Gasteiger partial charge in [-0.3, -0.25) is 9.59 Å². The van der Waals surface area contributed by atoms with Crippen molar-refractivity contribution in [2.75, 3.05) is 42.9 Å². The van der Waals surface area contributed by atoms with Crippen molar-refractivity contribution < 1.29 is 23.9 Å². The Bertz CT molecular complexity index is 1640. The molecule has 0 bridgehead atoms. The predicted octanol–water partition coefficient (Wildman–Crippen LogP) is 4.37. The molecule has 1 saturated heterocycles. The first kappa shape index (κ1) is 32.5. The zero-order valence-corrected chi connectivity index (χ0v) is 27.0. The molecule has 0 spiro atoms. The van der Waals surface area contributed by atoms with Crippen LogP contribution in [0.1, 0.15) is 54.0 Å². The van der Waals surface area contributed by atoms with Crippen molar-refractivity contribution in [2.24, 2.45) is 0 Å². The van der Waals surface area contributed by atoms with Crippen LogP contribution in [0.25, 0.3) is 21.1 Å². The fourth-order valence-corrected chi connectivity index (χ4v) is 5.15. The molecule has 2 aromatic heterocycles. The molecule has 3 amide bonds. The van der Waals surface area contributed by atoms with Gasteiger partial charge in [0.25, 0.3) is 5.56 Å². The lowest BCUT2D eigenvalue weighted by atomic mass is 10.0. The monoisotopic (exact) mass is 625 g/mol. The molecule has 0 aliphatic carbocycles. The number of rotatable bonds is 6. The van der Waals surface area contributed by atoms with Crippen LogP contribution in [0.3, 0.4) is 0 Å². The van der Waals surface area contributed by atoms with Gasteiger partial charge in [-0.05, 0) is 72.2 Å². The van der Waals surface area contributed by atoms with Crippen molar-refractivity contribution in [2.45, 2.75) is 59.7 Å². The first-order valence-corrected chi connectivity index (χ1v) is 15.0. The first-order chi connectivity index (χ1) is 20.5. The molecule has 4 rings (SSSR count). The molecule has 44 heavy (non-hydrogen) atoms. The molecule has 13 nitrogen and oxygen atoms in total. The zero-order chi connectivity index (χ0) is 32.4. The highest BCUT2D eigenvalue weighted by Gasteiger charge is 2.27. The Morgan fingerprint density at radius 3 is 2.25 bits per heavy atom. The number of nitrogens with zero attached hydrogens (tertiary/aromatic N) is 5. The van der Waals surface area contributed by atoms with Gasteiger partial charge in [0, 0.05) is 43.5 Å². The number of aromatic nitrogens is 3. The summed E-state index contributed by atoms with van der Waals surface area (Å²) < 4.78 is 11.9. The normalized spacial score (nSPS) is 13.9. The molecule has 14 heteroatoms. The summed E-state index contributed by atoms with van der Waals surface area (Å²) in [5, 5.41) is 10.3. The lowest BCUT2D eigenvalue weighted by Crippen LogP contribution is -2.50. The fraction of sp³-hybridized carbons (Fsp3) is 0.467. The summed E-state index contributed by atoms with van der Waals surface area (Å²) in [5.74, 6) is 0.0643.